The maximum atomic E-state index is 10.2. The summed E-state index contributed by atoms with van der Waals surface area (Å²) in [7, 11) is 0. The van der Waals surface area contributed by atoms with E-state index in [4.69, 9.17) is 10.2 Å². The molecule has 0 unspecified atom stereocenters. The van der Waals surface area contributed by atoms with Gasteiger partial charge in [-0.05, 0) is 41.2 Å². The fourth-order valence-corrected chi connectivity index (χ4v) is 2.17. The van der Waals surface area contributed by atoms with Gasteiger partial charge in [-0.15, -0.1) is 0 Å². The van der Waals surface area contributed by atoms with Crippen LogP contribution in [0.1, 0.15) is 24.0 Å². The molecule has 0 radical (unpaired) electrons. The fourth-order valence-electron chi connectivity index (χ4n) is 2.17. The smallest absolute Gasteiger partial charge is 0.303 e. The summed E-state index contributed by atoms with van der Waals surface area (Å²) in [6.45, 7) is 0. The second-order valence-electron chi connectivity index (χ2n) is 5.15. The van der Waals surface area contributed by atoms with Gasteiger partial charge in [0.15, 0.2) is 0 Å². The summed E-state index contributed by atoms with van der Waals surface area (Å²) in [5.41, 5.74) is 4.81. The van der Waals surface area contributed by atoms with Crippen molar-refractivity contribution in [2.45, 2.75) is 25.7 Å². The van der Waals surface area contributed by atoms with Gasteiger partial charge in [0.25, 0.3) is 0 Å². The second-order valence-corrected chi connectivity index (χ2v) is 5.15. The van der Waals surface area contributed by atoms with Crippen LogP contribution in [0.2, 0.25) is 0 Å². The molecule has 0 atom stereocenters. The van der Waals surface area contributed by atoms with E-state index in [0.717, 1.165) is 5.56 Å². The van der Waals surface area contributed by atoms with Crippen molar-refractivity contribution in [3.8, 4) is 11.1 Å². The Balaban J connectivity index is 0.000000160. The number of carboxylic acid groups (broad SMARTS) is 2. The van der Waals surface area contributed by atoms with Crippen molar-refractivity contribution >= 4 is 11.9 Å². The molecule has 2 N–H and O–H groups in total. The van der Waals surface area contributed by atoms with E-state index in [1.807, 2.05) is 42.5 Å². The zero-order valence-electron chi connectivity index (χ0n) is 12.2. The van der Waals surface area contributed by atoms with Gasteiger partial charge in [0.05, 0.1) is 0 Å². The van der Waals surface area contributed by atoms with Crippen LogP contribution in [-0.4, -0.2) is 22.2 Å². The molecular formula is C18H18O4. The Morgan fingerprint density at radius 1 is 0.818 bits per heavy atom. The first kappa shape index (κ1) is 15.8. The van der Waals surface area contributed by atoms with Crippen LogP contribution in [0, 0.1) is 0 Å². The van der Waals surface area contributed by atoms with Crippen molar-refractivity contribution < 1.29 is 19.8 Å². The van der Waals surface area contributed by atoms with Crippen molar-refractivity contribution in [2.75, 3.05) is 0 Å². The molecule has 22 heavy (non-hydrogen) atoms. The Labute approximate surface area is 129 Å². The van der Waals surface area contributed by atoms with Gasteiger partial charge in [-0.3, -0.25) is 9.59 Å². The highest BCUT2D eigenvalue weighted by Gasteiger charge is 2.16. The summed E-state index contributed by atoms with van der Waals surface area (Å²) in [6.07, 6.45) is 1.74. The molecule has 4 heteroatoms. The molecule has 0 fully saturated rings. The Bertz CT molecular complexity index is 662. The van der Waals surface area contributed by atoms with Crippen LogP contribution in [-0.2, 0) is 22.4 Å². The van der Waals surface area contributed by atoms with Crippen molar-refractivity contribution in [3.05, 3.63) is 59.7 Å². The molecule has 0 saturated carbocycles. The summed E-state index contributed by atoms with van der Waals surface area (Å²) < 4.78 is 0. The highest BCUT2D eigenvalue weighted by atomic mass is 16.4. The third-order valence-corrected chi connectivity index (χ3v) is 3.42. The Hall–Kier alpha value is -2.62. The van der Waals surface area contributed by atoms with Crippen LogP contribution in [0.15, 0.2) is 48.5 Å². The monoisotopic (exact) mass is 298 g/mol. The van der Waals surface area contributed by atoms with Gasteiger partial charge in [-0.2, -0.15) is 0 Å². The molecule has 0 bridgehead atoms. The summed E-state index contributed by atoms with van der Waals surface area (Å²) in [4.78, 5) is 20.4. The average molecular weight is 298 g/mol. The lowest BCUT2D eigenvalue weighted by Crippen LogP contribution is -1.96. The first-order valence-corrected chi connectivity index (χ1v) is 7.17. The van der Waals surface area contributed by atoms with Gasteiger partial charge in [-0.25, -0.2) is 0 Å². The molecule has 2 aliphatic carbocycles. The molecule has 1 aromatic carbocycles. The highest BCUT2D eigenvalue weighted by molar-refractivity contribution is 5.85. The maximum Gasteiger partial charge on any atom is 0.303 e. The minimum Gasteiger partial charge on any atom is -0.481 e. The number of aryl methyl sites for hydroxylation is 2. The van der Waals surface area contributed by atoms with Crippen molar-refractivity contribution in [1.82, 2.24) is 0 Å². The number of carbonyl (C=O) groups is 2. The first-order chi connectivity index (χ1) is 10.6. The SMILES string of the molecule is O=C(O)CCc1ccc2cc1-2.O=C(O)CCc1ccccc1. The normalized spacial score (nSPS) is 10.4. The van der Waals surface area contributed by atoms with E-state index in [9.17, 15) is 9.59 Å². The Kier molecular flexibility index (Phi) is 5.31. The van der Waals surface area contributed by atoms with E-state index in [-0.39, 0.29) is 12.8 Å². The number of hydrogen-bond donors (Lipinski definition) is 2. The quantitative estimate of drug-likeness (QED) is 0.731. The molecule has 0 amide bonds. The van der Waals surface area contributed by atoms with Gasteiger partial charge in [-0.1, -0.05) is 42.5 Å². The number of benzene rings is 2. The summed E-state index contributed by atoms with van der Waals surface area (Å²) in [6, 6.07) is 15.7. The number of fused-ring (bicyclic) bond motifs is 1. The van der Waals surface area contributed by atoms with E-state index in [2.05, 4.69) is 6.07 Å². The van der Waals surface area contributed by atoms with E-state index >= 15 is 0 Å². The predicted octanol–water partition coefficient (Wildman–Crippen LogP) is 3.39. The maximum absolute atomic E-state index is 10.2. The molecule has 0 spiro atoms. The number of hydrogen-bond acceptors (Lipinski definition) is 2. The van der Waals surface area contributed by atoms with Crippen molar-refractivity contribution in [3.63, 3.8) is 0 Å². The Morgan fingerprint density at radius 2 is 1.45 bits per heavy atom. The predicted molar refractivity (Wildman–Crippen MR) is 83.8 cm³/mol. The van der Waals surface area contributed by atoms with Gasteiger partial charge >= 0.3 is 11.9 Å². The molecule has 0 saturated heterocycles. The minimum absolute atomic E-state index is 0.212. The zero-order chi connectivity index (χ0) is 15.9. The van der Waals surface area contributed by atoms with Crippen LogP contribution in [0.25, 0.3) is 11.1 Å². The molecule has 1 aromatic rings. The molecule has 3 rings (SSSR count). The number of carboxylic acids is 2. The minimum atomic E-state index is -0.742. The molecule has 0 heterocycles. The van der Waals surface area contributed by atoms with Gasteiger partial charge < -0.3 is 10.2 Å². The van der Waals surface area contributed by atoms with Gasteiger partial charge in [0.1, 0.15) is 0 Å². The average Bonchev–Trinajstić information content (AvgIpc) is 3.17. The first-order valence-electron chi connectivity index (χ1n) is 7.17. The lowest BCUT2D eigenvalue weighted by molar-refractivity contribution is -0.138. The lowest BCUT2D eigenvalue weighted by Gasteiger charge is -1.95. The van der Waals surface area contributed by atoms with E-state index in [1.54, 1.807) is 0 Å². The third kappa shape index (κ3) is 5.05. The fraction of sp³-hybridized carbons (Fsp3) is 0.222. The third-order valence-electron chi connectivity index (χ3n) is 3.42. The number of rotatable bonds is 6. The standard InChI is InChI=1S/C9H8O2.C9H10O2/c10-9(11)4-3-6-1-2-7-5-8(6)7;10-9(11)7-6-8-4-2-1-3-5-8/h1-2,5H,3-4H2,(H,10,11);1-5H,6-7H2,(H,10,11). The van der Waals surface area contributed by atoms with Gasteiger partial charge in [0, 0.05) is 12.8 Å². The van der Waals surface area contributed by atoms with Crippen LogP contribution < -0.4 is 0 Å². The van der Waals surface area contributed by atoms with E-state index < -0.39 is 11.9 Å². The van der Waals surface area contributed by atoms with E-state index in [0.29, 0.717) is 12.8 Å². The highest BCUT2D eigenvalue weighted by Crippen LogP contribution is 2.38. The molecule has 0 aromatic heterocycles. The molecule has 2 aliphatic rings. The van der Waals surface area contributed by atoms with E-state index in [1.165, 1.54) is 16.7 Å². The molecule has 114 valence electrons. The Morgan fingerprint density at radius 3 is 1.95 bits per heavy atom. The van der Waals surface area contributed by atoms with Gasteiger partial charge in [0.2, 0.25) is 0 Å². The van der Waals surface area contributed by atoms with Crippen LogP contribution in [0.4, 0.5) is 0 Å². The van der Waals surface area contributed by atoms with Crippen molar-refractivity contribution in [2.24, 2.45) is 0 Å². The van der Waals surface area contributed by atoms with Crippen LogP contribution in [0.3, 0.4) is 0 Å². The zero-order valence-corrected chi connectivity index (χ0v) is 12.2. The molecule has 0 aliphatic heterocycles. The molecule has 4 nitrogen and oxygen atoms in total. The topological polar surface area (TPSA) is 74.6 Å². The summed E-state index contributed by atoms with van der Waals surface area (Å²) in [5.74, 6) is -1.46. The van der Waals surface area contributed by atoms with Crippen LogP contribution >= 0.6 is 0 Å². The number of aliphatic carboxylic acids is 2. The largest absolute Gasteiger partial charge is 0.481 e. The molecular weight excluding hydrogens is 280 g/mol. The summed E-state index contributed by atoms with van der Waals surface area (Å²) >= 11 is 0. The summed E-state index contributed by atoms with van der Waals surface area (Å²) in [5, 5.41) is 16.8. The van der Waals surface area contributed by atoms with Crippen LogP contribution in [0.5, 0.6) is 0 Å². The lowest BCUT2D eigenvalue weighted by atomic mass is 10.1. The van der Waals surface area contributed by atoms with Crippen molar-refractivity contribution in [1.29, 1.82) is 0 Å². The second kappa shape index (κ2) is 7.41.